The number of ether oxygens (including phenoxy) is 1. The minimum Gasteiger partial charge on any atom is -0.481 e. The quantitative estimate of drug-likeness (QED) is 0.675. The molecular formula is C16H15NO4. The van der Waals surface area contributed by atoms with Gasteiger partial charge in [-0.15, -0.1) is 0 Å². The molecule has 1 amide bonds. The SMILES string of the molecule is C#CN(C(=O)C1C2CCC(O2)C1C(=O)O)c1ccccc1. The Kier molecular flexibility index (Phi) is 3.40. The predicted octanol–water partition coefficient (Wildman–Crippen LogP) is 1.49. The molecule has 5 heteroatoms. The molecule has 0 aliphatic carbocycles. The number of hydrogen-bond acceptors (Lipinski definition) is 3. The molecule has 4 unspecified atom stereocenters. The number of aliphatic carboxylic acids is 1. The van der Waals surface area contributed by atoms with Gasteiger partial charge in [0.1, 0.15) is 0 Å². The number of carboxylic acid groups (broad SMARTS) is 1. The van der Waals surface area contributed by atoms with Crippen molar-refractivity contribution in [2.24, 2.45) is 11.8 Å². The molecule has 2 bridgehead atoms. The van der Waals surface area contributed by atoms with E-state index in [1.54, 1.807) is 24.3 Å². The van der Waals surface area contributed by atoms with Gasteiger partial charge in [0.05, 0.1) is 29.7 Å². The molecule has 2 heterocycles. The van der Waals surface area contributed by atoms with E-state index in [9.17, 15) is 14.7 Å². The van der Waals surface area contributed by atoms with Crippen molar-refractivity contribution in [1.29, 1.82) is 0 Å². The Morgan fingerprint density at radius 2 is 1.81 bits per heavy atom. The summed E-state index contributed by atoms with van der Waals surface area (Å²) in [4.78, 5) is 25.4. The number of para-hydroxylation sites is 1. The summed E-state index contributed by atoms with van der Waals surface area (Å²) in [7, 11) is 0. The van der Waals surface area contributed by atoms with E-state index in [1.165, 1.54) is 4.90 Å². The maximum atomic E-state index is 12.7. The van der Waals surface area contributed by atoms with Gasteiger partial charge in [0.15, 0.2) is 0 Å². The number of carbonyl (C=O) groups is 2. The smallest absolute Gasteiger partial charge is 0.310 e. The third-order valence-corrected chi connectivity index (χ3v) is 4.21. The molecule has 1 N–H and O–H groups in total. The van der Waals surface area contributed by atoms with Crippen LogP contribution in [-0.4, -0.2) is 29.2 Å². The van der Waals surface area contributed by atoms with Gasteiger partial charge in [-0.2, -0.15) is 0 Å². The molecular weight excluding hydrogens is 270 g/mol. The molecule has 0 spiro atoms. The lowest BCUT2D eigenvalue weighted by Crippen LogP contribution is -2.44. The molecule has 2 fully saturated rings. The number of anilines is 1. The van der Waals surface area contributed by atoms with E-state index < -0.39 is 17.8 Å². The van der Waals surface area contributed by atoms with Crippen molar-refractivity contribution < 1.29 is 19.4 Å². The second kappa shape index (κ2) is 5.23. The number of nitrogens with zero attached hydrogens (tertiary/aromatic N) is 1. The standard InChI is InChI=1S/C16H15NO4/c1-2-17(10-6-4-3-5-7-10)15(18)13-11-8-9-12(21-11)14(13)16(19)20/h1,3-7,11-14H,8-9H2,(H,19,20). The molecule has 4 atom stereocenters. The van der Waals surface area contributed by atoms with Crippen LogP contribution >= 0.6 is 0 Å². The van der Waals surface area contributed by atoms with Crippen LogP contribution in [0.5, 0.6) is 0 Å². The first kappa shape index (κ1) is 13.7. The van der Waals surface area contributed by atoms with Gasteiger partial charge in [0, 0.05) is 6.04 Å². The highest BCUT2D eigenvalue weighted by Crippen LogP contribution is 2.44. The first-order chi connectivity index (χ1) is 10.1. The molecule has 3 rings (SSSR count). The number of carbonyl (C=O) groups excluding carboxylic acids is 1. The fourth-order valence-corrected chi connectivity index (χ4v) is 3.30. The van der Waals surface area contributed by atoms with E-state index in [0.717, 1.165) is 0 Å². The maximum absolute atomic E-state index is 12.7. The van der Waals surface area contributed by atoms with Gasteiger partial charge in [-0.25, -0.2) is 4.90 Å². The van der Waals surface area contributed by atoms with E-state index >= 15 is 0 Å². The van der Waals surface area contributed by atoms with Crippen LogP contribution in [0.25, 0.3) is 0 Å². The van der Waals surface area contributed by atoms with Crippen LogP contribution in [0.15, 0.2) is 30.3 Å². The summed E-state index contributed by atoms with van der Waals surface area (Å²) in [6.45, 7) is 0. The summed E-state index contributed by atoms with van der Waals surface area (Å²) < 4.78 is 5.61. The molecule has 2 saturated heterocycles. The fraction of sp³-hybridized carbons (Fsp3) is 0.375. The van der Waals surface area contributed by atoms with E-state index in [2.05, 4.69) is 6.04 Å². The Bertz CT molecular complexity index is 606. The lowest BCUT2D eigenvalue weighted by molar-refractivity contribution is -0.147. The zero-order valence-electron chi connectivity index (χ0n) is 11.3. The summed E-state index contributed by atoms with van der Waals surface area (Å²) in [6, 6.07) is 11.2. The average molecular weight is 285 g/mol. The topological polar surface area (TPSA) is 66.8 Å². The number of carboxylic acids is 1. The van der Waals surface area contributed by atoms with Gasteiger partial charge < -0.3 is 9.84 Å². The van der Waals surface area contributed by atoms with E-state index in [0.29, 0.717) is 18.5 Å². The normalized spacial score (nSPS) is 29.9. The van der Waals surface area contributed by atoms with E-state index in [1.807, 2.05) is 6.07 Å². The van der Waals surface area contributed by atoms with Crippen molar-refractivity contribution >= 4 is 17.6 Å². The number of fused-ring (bicyclic) bond motifs is 2. The lowest BCUT2D eigenvalue weighted by atomic mass is 9.78. The zero-order valence-corrected chi connectivity index (χ0v) is 11.3. The molecule has 1 aromatic rings. The molecule has 1 aromatic carbocycles. The summed E-state index contributed by atoms with van der Waals surface area (Å²) >= 11 is 0. The van der Waals surface area contributed by atoms with Gasteiger partial charge in [-0.3, -0.25) is 9.59 Å². The molecule has 108 valence electrons. The first-order valence-electron chi connectivity index (χ1n) is 6.87. The van der Waals surface area contributed by atoms with Crippen LogP contribution < -0.4 is 4.90 Å². The van der Waals surface area contributed by atoms with Crippen molar-refractivity contribution in [3.8, 4) is 12.5 Å². The summed E-state index contributed by atoms with van der Waals surface area (Å²) in [6.07, 6.45) is 6.13. The number of terminal acetylenes is 1. The monoisotopic (exact) mass is 285 g/mol. The van der Waals surface area contributed by atoms with Crippen molar-refractivity contribution in [1.82, 2.24) is 0 Å². The third kappa shape index (κ3) is 2.18. The highest BCUT2D eigenvalue weighted by molar-refractivity contribution is 6.00. The lowest BCUT2D eigenvalue weighted by Gasteiger charge is -2.27. The minimum absolute atomic E-state index is 0.344. The van der Waals surface area contributed by atoms with Gasteiger partial charge in [-0.1, -0.05) is 24.6 Å². The molecule has 0 radical (unpaired) electrons. The van der Waals surface area contributed by atoms with Crippen LogP contribution in [0.4, 0.5) is 5.69 Å². The second-order valence-corrected chi connectivity index (χ2v) is 5.32. The Morgan fingerprint density at radius 1 is 1.19 bits per heavy atom. The van der Waals surface area contributed by atoms with E-state index in [4.69, 9.17) is 11.2 Å². The number of hydrogen-bond donors (Lipinski definition) is 1. The van der Waals surface area contributed by atoms with E-state index in [-0.39, 0.29) is 18.1 Å². The Morgan fingerprint density at radius 3 is 2.38 bits per heavy atom. The predicted molar refractivity (Wildman–Crippen MR) is 75.3 cm³/mol. The molecule has 0 aromatic heterocycles. The Hall–Kier alpha value is -2.32. The number of amides is 1. The van der Waals surface area contributed by atoms with Crippen molar-refractivity contribution in [3.63, 3.8) is 0 Å². The number of benzene rings is 1. The van der Waals surface area contributed by atoms with Crippen LogP contribution in [-0.2, 0) is 14.3 Å². The van der Waals surface area contributed by atoms with Crippen LogP contribution in [0.1, 0.15) is 12.8 Å². The van der Waals surface area contributed by atoms with Crippen LogP contribution in [0.3, 0.4) is 0 Å². The summed E-state index contributed by atoms with van der Waals surface area (Å²) in [5, 5.41) is 9.38. The molecule has 21 heavy (non-hydrogen) atoms. The molecule has 0 saturated carbocycles. The second-order valence-electron chi connectivity index (χ2n) is 5.32. The van der Waals surface area contributed by atoms with Crippen molar-refractivity contribution in [3.05, 3.63) is 30.3 Å². The maximum Gasteiger partial charge on any atom is 0.310 e. The minimum atomic E-state index is -0.995. The largest absolute Gasteiger partial charge is 0.481 e. The number of rotatable bonds is 3. The van der Waals surface area contributed by atoms with Crippen LogP contribution in [0, 0.1) is 24.3 Å². The van der Waals surface area contributed by atoms with Crippen LogP contribution in [0.2, 0.25) is 0 Å². The zero-order chi connectivity index (χ0) is 15.0. The average Bonchev–Trinajstić information content (AvgIpc) is 3.09. The fourth-order valence-electron chi connectivity index (χ4n) is 3.30. The Balaban J connectivity index is 1.90. The van der Waals surface area contributed by atoms with Gasteiger partial charge in [-0.05, 0) is 25.0 Å². The Labute approximate surface area is 122 Å². The molecule has 5 nitrogen and oxygen atoms in total. The highest BCUT2D eigenvalue weighted by atomic mass is 16.5. The van der Waals surface area contributed by atoms with Crippen molar-refractivity contribution in [2.45, 2.75) is 25.0 Å². The third-order valence-electron chi connectivity index (χ3n) is 4.21. The summed E-state index contributed by atoms with van der Waals surface area (Å²) in [5.74, 6) is -2.89. The van der Waals surface area contributed by atoms with Gasteiger partial charge in [0.2, 0.25) is 5.91 Å². The summed E-state index contributed by atoms with van der Waals surface area (Å²) in [5.41, 5.74) is 0.567. The molecule has 2 aliphatic rings. The first-order valence-corrected chi connectivity index (χ1v) is 6.87. The van der Waals surface area contributed by atoms with Gasteiger partial charge >= 0.3 is 5.97 Å². The molecule has 2 aliphatic heterocycles. The van der Waals surface area contributed by atoms with Gasteiger partial charge in [0.25, 0.3) is 0 Å². The van der Waals surface area contributed by atoms with Crippen molar-refractivity contribution in [2.75, 3.05) is 4.90 Å². The highest BCUT2D eigenvalue weighted by Gasteiger charge is 2.56.